The zero-order valence-corrected chi connectivity index (χ0v) is 15.6. The molecule has 3 N–H and O–H groups in total. The number of Topliss-reactive ketones (excluding diaryl/α,β-unsaturated/α-hetero) is 2. The SMILES string of the molecule is CC(CO)(CO)CO.CCCOc1ccc(C2CC(=O)CC(=O)C2)cc1. The summed E-state index contributed by atoms with van der Waals surface area (Å²) in [5, 5.41) is 25.4. The molecule has 1 aliphatic rings. The lowest BCUT2D eigenvalue weighted by molar-refractivity contribution is -0.130. The normalized spacial score (nSPS) is 15.4. The van der Waals surface area contributed by atoms with E-state index < -0.39 is 5.41 Å². The van der Waals surface area contributed by atoms with Crippen molar-refractivity contribution in [3.63, 3.8) is 0 Å². The molecule has 0 spiro atoms. The van der Waals surface area contributed by atoms with Gasteiger partial charge in [-0.1, -0.05) is 26.0 Å². The van der Waals surface area contributed by atoms with Crippen LogP contribution in [0.1, 0.15) is 51.0 Å². The van der Waals surface area contributed by atoms with Crippen LogP contribution in [0.15, 0.2) is 24.3 Å². The van der Waals surface area contributed by atoms with E-state index in [-0.39, 0.29) is 43.7 Å². The third-order valence-corrected chi connectivity index (χ3v) is 4.31. The van der Waals surface area contributed by atoms with E-state index in [1.807, 2.05) is 24.3 Å². The standard InChI is InChI=1S/C15H18O3.C5H12O3/c1-2-7-18-15-5-3-11(4-6-15)12-8-13(16)10-14(17)9-12;1-5(2-6,3-7)4-8/h3-6,12H,2,7-10H2,1H3;6-8H,2-4H2,1H3. The Balaban J connectivity index is 0.000000359. The molecule has 0 aliphatic heterocycles. The van der Waals surface area contributed by atoms with Crippen molar-refractivity contribution in [2.75, 3.05) is 26.4 Å². The van der Waals surface area contributed by atoms with Crippen molar-refractivity contribution in [3.8, 4) is 5.75 Å². The molecule has 1 aliphatic carbocycles. The maximum atomic E-state index is 11.4. The van der Waals surface area contributed by atoms with Crippen LogP contribution < -0.4 is 4.74 Å². The summed E-state index contributed by atoms with van der Waals surface area (Å²) in [6.07, 6.45) is 2.07. The second kappa shape index (κ2) is 11.1. The van der Waals surface area contributed by atoms with Crippen molar-refractivity contribution in [1.29, 1.82) is 0 Å². The minimum Gasteiger partial charge on any atom is -0.494 e. The van der Waals surface area contributed by atoms with Crippen LogP contribution in [-0.4, -0.2) is 53.3 Å². The van der Waals surface area contributed by atoms with Gasteiger partial charge in [-0.3, -0.25) is 9.59 Å². The minimum atomic E-state index is -0.708. The molecule has 0 aromatic heterocycles. The summed E-state index contributed by atoms with van der Waals surface area (Å²) >= 11 is 0. The van der Waals surface area contributed by atoms with Gasteiger partial charge in [0.2, 0.25) is 0 Å². The van der Waals surface area contributed by atoms with Crippen molar-refractivity contribution >= 4 is 11.6 Å². The number of ketones is 2. The topological polar surface area (TPSA) is 104 Å². The van der Waals surface area contributed by atoms with E-state index in [4.69, 9.17) is 20.1 Å². The molecule has 6 nitrogen and oxygen atoms in total. The van der Waals surface area contributed by atoms with Crippen molar-refractivity contribution in [2.24, 2.45) is 5.41 Å². The van der Waals surface area contributed by atoms with Crippen LogP contribution in [0, 0.1) is 5.41 Å². The van der Waals surface area contributed by atoms with Crippen molar-refractivity contribution in [2.45, 2.75) is 45.4 Å². The van der Waals surface area contributed by atoms with Gasteiger partial charge in [0.25, 0.3) is 0 Å². The van der Waals surface area contributed by atoms with Gasteiger partial charge in [0, 0.05) is 18.3 Å². The van der Waals surface area contributed by atoms with Gasteiger partial charge in [0.05, 0.1) is 32.8 Å². The van der Waals surface area contributed by atoms with E-state index >= 15 is 0 Å². The number of hydrogen-bond acceptors (Lipinski definition) is 6. The van der Waals surface area contributed by atoms with Crippen LogP contribution in [0.4, 0.5) is 0 Å². The molecule has 0 heterocycles. The molecule has 0 atom stereocenters. The molecule has 0 saturated heterocycles. The molecule has 1 aromatic carbocycles. The predicted molar refractivity (Wildman–Crippen MR) is 98.2 cm³/mol. The molecule has 6 heteroatoms. The fourth-order valence-corrected chi connectivity index (χ4v) is 2.43. The van der Waals surface area contributed by atoms with Crippen LogP contribution in [0.25, 0.3) is 0 Å². The Morgan fingerprint density at radius 2 is 1.50 bits per heavy atom. The fourth-order valence-electron chi connectivity index (χ4n) is 2.43. The van der Waals surface area contributed by atoms with Crippen LogP contribution in [0.3, 0.4) is 0 Å². The number of aliphatic hydroxyl groups is 3. The first-order valence-corrected chi connectivity index (χ1v) is 8.96. The second-order valence-electron chi connectivity index (χ2n) is 7.06. The largest absolute Gasteiger partial charge is 0.494 e. The second-order valence-corrected chi connectivity index (χ2v) is 7.06. The number of carbonyl (C=O) groups excluding carboxylic acids is 2. The molecular formula is C20H30O6. The average Bonchev–Trinajstić information content (AvgIpc) is 2.66. The Labute approximate surface area is 154 Å². The van der Waals surface area contributed by atoms with E-state index in [9.17, 15) is 9.59 Å². The highest BCUT2D eigenvalue weighted by molar-refractivity contribution is 6.02. The number of rotatable bonds is 7. The summed E-state index contributed by atoms with van der Waals surface area (Å²) in [5.74, 6) is 1.01. The fraction of sp³-hybridized carbons (Fsp3) is 0.600. The lowest BCUT2D eigenvalue weighted by Gasteiger charge is -2.20. The Morgan fingerprint density at radius 1 is 1.00 bits per heavy atom. The van der Waals surface area contributed by atoms with Crippen LogP contribution in [0.2, 0.25) is 0 Å². The molecule has 1 saturated carbocycles. The first-order chi connectivity index (χ1) is 12.4. The summed E-state index contributed by atoms with van der Waals surface area (Å²) < 4.78 is 5.51. The van der Waals surface area contributed by atoms with Crippen LogP contribution in [-0.2, 0) is 9.59 Å². The Bertz CT molecular complexity index is 538. The maximum absolute atomic E-state index is 11.4. The highest BCUT2D eigenvalue weighted by Gasteiger charge is 2.26. The Morgan fingerprint density at radius 3 is 1.88 bits per heavy atom. The molecular weight excluding hydrogens is 336 g/mol. The summed E-state index contributed by atoms with van der Waals surface area (Å²) in [6, 6.07) is 7.74. The average molecular weight is 366 g/mol. The lowest BCUT2D eigenvalue weighted by atomic mass is 9.83. The summed E-state index contributed by atoms with van der Waals surface area (Å²) in [5.41, 5.74) is 0.347. The Kier molecular flexibility index (Phi) is 9.48. The molecule has 0 unspecified atom stereocenters. The van der Waals surface area contributed by atoms with Gasteiger partial charge >= 0.3 is 0 Å². The monoisotopic (exact) mass is 366 g/mol. The predicted octanol–water partition coefficient (Wildman–Crippen LogP) is 1.85. The lowest BCUT2D eigenvalue weighted by Crippen LogP contribution is -2.29. The highest BCUT2D eigenvalue weighted by atomic mass is 16.5. The van der Waals surface area contributed by atoms with E-state index in [1.165, 1.54) is 0 Å². The molecule has 0 bridgehead atoms. The number of aliphatic hydroxyl groups excluding tert-OH is 3. The summed E-state index contributed by atoms with van der Waals surface area (Å²) in [6.45, 7) is 3.83. The van der Waals surface area contributed by atoms with E-state index in [0.717, 1.165) is 17.7 Å². The van der Waals surface area contributed by atoms with Crippen molar-refractivity contribution in [3.05, 3.63) is 29.8 Å². The van der Waals surface area contributed by atoms with E-state index in [1.54, 1.807) is 6.92 Å². The zero-order chi connectivity index (χ0) is 19.6. The molecule has 146 valence electrons. The summed E-state index contributed by atoms with van der Waals surface area (Å²) in [7, 11) is 0. The summed E-state index contributed by atoms with van der Waals surface area (Å²) in [4.78, 5) is 22.8. The first kappa shape index (κ1) is 22.3. The number of benzene rings is 1. The third-order valence-electron chi connectivity index (χ3n) is 4.31. The minimum absolute atomic E-state index is 0.0546. The van der Waals surface area contributed by atoms with Gasteiger partial charge in [0.15, 0.2) is 0 Å². The molecule has 0 radical (unpaired) electrons. The van der Waals surface area contributed by atoms with Crippen LogP contribution >= 0.6 is 0 Å². The molecule has 0 amide bonds. The van der Waals surface area contributed by atoms with E-state index in [2.05, 4.69) is 6.92 Å². The zero-order valence-electron chi connectivity index (χ0n) is 15.6. The van der Waals surface area contributed by atoms with Gasteiger partial charge in [-0.2, -0.15) is 0 Å². The van der Waals surface area contributed by atoms with Gasteiger partial charge in [-0.05, 0) is 30.0 Å². The Hall–Kier alpha value is -1.76. The highest BCUT2D eigenvalue weighted by Crippen LogP contribution is 2.30. The smallest absolute Gasteiger partial charge is 0.140 e. The molecule has 1 fully saturated rings. The molecule has 26 heavy (non-hydrogen) atoms. The maximum Gasteiger partial charge on any atom is 0.140 e. The number of hydrogen-bond donors (Lipinski definition) is 3. The van der Waals surface area contributed by atoms with Crippen molar-refractivity contribution in [1.82, 2.24) is 0 Å². The van der Waals surface area contributed by atoms with Gasteiger partial charge < -0.3 is 20.1 Å². The molecule has 2 rings (SSSR count). The molecule has 1 aromatic rings. The first-order valence-electron chi connectivity index (χ1n) is 8.96. The van der Waals surface area contributed by atoms with Gasteiger partial charge in [-0.25, -0.2) is 0 Å². The number of ether oxygens (including phenoxy) is 1. The van der Waals surface area contributed by atoms with Gasteiger partial charge in [-0.15, -0.1) is 0 Å². The third kappa shape index (κ3) is 7.23. The van der Waals surface area contributed by atoms with Crippen LogP contribution in [0.5, 0.6) is 5.75 Å². The van der Waals surface area contributed by atoms with Gasteiger partial charge in [0.1, 0.15) is 17.3 Å². The van der Waals surface area contributed by atoms with Crippen molar-refractivity contribution < 1.29 is 29.6 Å². The van der Waals surface area contributed by atoms with E-state index in [0.29, 0.717) is 19.4 Å². The number of carbonyl (C=O) groups is 2. The quantitative estimate of drug-likeness (QED) is 0.636.